The van der Waals surface area contributed by atoms with E-state index in [9.17, 15) is 4.91 Å². The summed E-state index contributed by atoms with van der Waals surface area (Å²) in [7, 11) is 1.72. The van der Waals surface area contributed by atoms with Gasteiger partial charge in [0.1, 0.15) is 11.1 Å². The van der Waals surface area contributed by atoms with Crippen LogP contribution in [0, 0.1) is 16.9 Å². The van der Waals surface area contributed by atoms with E-state index in [0.29, 0.717) is 5.92 Å². The van der Waals surface area contributed by atoms with E-state index in [0.717, 1.165) is 43.4 Å². The quantitative estimate of drug-likeness (QED) is 0.825. The molecule has 3 unspecified atom stereocenters. The molecular formula is C18H24N3O+. The van der Waals surface area contributed by atoms with Crippen LogP contribution in [0.5, 0.6) is 0 Å². The SMILES string of the molecule is C[N+]#Cc1cccc(NC2CCCC3CCCCC32N=O)c1. The van der Waals surface area contributed by atoms with Gasteiger partial charge >= 0.3 is 6.07 Å². The van der Waals surface area contributed by atoms with Gasteiger partial charge < -0.3 is 5.32 Å². The van der Waals surface area contributed by atoms with Crippen LogP contribution >= 0.6 is 0 Å². The van der Waals surface area contributed by atoms with Gasteiger partial charge in [0.15, 0.2) is 0 Å². The first kappa shape index (κ1) is 15.0. The Hall–Kier alpha value is -1.89. The van der Waals surface area contributed by atoms with E-state index < -0.39 is 5.54 Å². The van der Waals surface area contributed by atoms with Gasteiger partial charge in [-0.15, -0.1) is 0 Å². The lowest BCUT2D eigenvalue weighted by atomic mass is 9.63. The largest absolute Gasteiger partial charge is 0.380 e. The van der Waals surface area contributed by atoms with Crippen LogP contribution in [0.2, 0.25) is 0 Å². The number of hydrogen-bond acceptors (Lipinski definition) is 3. The third-order valence-corrected chi connectivity index (χ3v) is 5.35. The number of nitrogens with zero attached hydrogens (tertiary/aromatic N) is 2. The zero-order chi connectivity index (χ0) is 15.4. The van der Waals surface area contributed by atoms with E-state index in [1.807, 2.05) is 24.3 Å². The van der Waals surface area contributed by atoms with E-state index in [1.54, 1.807) is 7.05 Å². The lowest BCUT2D eigenvalue weighted by Crippen LogP contribution is -2.54. The van der Waals surface area contributed by atoms with Crippen molar-refractivity contribution < 1.29 is 0 Å². The Morgan fingerprint density at radius 1 is 1.27 bits per heavy atom. The van der Waals surface area contributed by atoms with Crippen LogP contribution in [-0.4, -0.2) is 18.6 Å². The van der Waals surface area contributed by atoms with Gasteiger partial charge in [-0.3, -0.25) is 0 Å². The third kappa shape index (κ3) is 2.72. The highest BCUT2D eigenvalue weighted by Gasteiger charge is 2.50. The third-order valence-electron chi connectivity index (χ3n) is 5.35. The van der Waals surface area contributed by atoms with Crippen molar-refractivity contribution in [2.45, 2.75) is 56.5 Å². The van der Waals surface area contributed by atoms with Crippen LogP contribution in [-0.2, 0) is 0 Å². The fourth-order valence-corrected chi connectivity index (χ4v) is 4.31. The van der Waals surface area contributed by atoms with E-state index in [4.69, 9.17) is 0 Å². The van der Waals surface area contributed by atoms with Crippen LogP contribution in [0.15, 0.2) is 29.4 Å². The van der Waals surface area contributed by atoms with Crippen molar-refractivity contribution >= 4 is 5.69 Å². The minimum Gasteiger partial charge on any atom is -0.380 e. The van der Waals surface area contributed by atoms with Crippen molar-refractivity contribution in [3.05, 3.63) is 39.6 Å². The zero-order valence-electron chi connectivity index (χ0n) is 13.2. The highest BCUT2D eigenvalue weighted by molar-refractivity contribution is 5.51. The summed E-state index contributed by atoms with van der Waals surface area (Å²) in [4.78, 5) is 15.7. The molecule has 2 aliphatic rings. The first-order valence-corrected chi connectivity index (χ1v) is 8.34. The number of anilines is 1. The lowest BCUT2D eigenvalue weighted by Gasteiger charge is -2.47. The molecule has 2 aliphatic carbocycles. The van der Waals surface area contributed by atoms with Gasteiger partial charge in [0.05, 0.1) is 6.04 Å². The van der Waals surface area contributed by atoms with E-state index in [-0.39, 0.29) is 6.04 Å². The van der Waals surface area contributed by atoms with E-state index in [2.05, 4.69) is 21.4 Å². The molecule has 1 aromatic carbocycles. The summed E-state index contributed by atoms with van der Waals surface area (Å²) < 4.78 is 0. The molecule has 0 spiro atoms. The highest BCUT2D eigenvalue weighted by atomic mass is 16.3. The molecule has 116 valence electrons. The Balaban J connectivity index is 1.84. The minimum atomic E-state index is -0.408. The normalized spacial score (nSPS) is 30.6. The smallest absolute Gasteiger partial charge is 0.310 e. The summed E-state index contributed by atoms with van der Waals surface area (Å²) in [6, 6.07) is 11.2. The molecule has 0 amide bonds. The second-order valence-electron chi connectivity index (χ2n) is 6.57. The second-order valence-corrected chi connectivity index (χ2v) is 6.57. The summed E-state index contributed by atoms with van der Waals surface area (Å²) in [5, 5.41) is 7.29. The molecule has 0 bridgehead atoms. The number of benzene rings is 1. The Labute approximate surface area is 132 Å². The Bertz CT molecular complexity index is 602. The molecule has 22 heavy (non-hydrogen) atoms. The summed E-state index contributed by atoms with van der Waals surface area (Å²) in [5.74, 6) is 0.456. The first-order valence-electron chi connectivity index (χ1n) is 8.34. The van der Waals surface area contributed by atoms with Crippen molar-refractivity contribution in [2.75, 3.05) is 12.4 Å². The average Bonchev–Trinajstić information content (AvgIpc) is 2.56. The Kier molecular flexibility index (Phi) is 4.42. The van der Waals surface area contributed by atoms with Crippen LogP contribution in [0.25, 0.3) is 4.85 Å². The standard InChI is InChI=1S/C18H24N3O/c1-19-13-14-6-4-9-16(12-14)20-17-10-5-8-15-7-2-3-11-18(15,17)21-22/h4,6,9,12,15,17,20H,2-3,5,7-8,10-11H2,1H3/q+1. The van der Waals surface area contributed by atoms with Gasteiger partial charge in [0, 0.05) is 5.69 Å². The molecule has 0 heterocycles. The van der Waals surface area contributed by atoms with Crippen molar-refractivity contribution in [2.24, 2.45) is 11.1 Å². The van der Waals surface area contributed by atoms with Gasteiger partial charge in [0.2, 0.25) is 0 Å². The Morgan fingerprint density at radius 3 is 2.95 bits per heavy atom. The van der Waals surface area contributed by atoms with Crippen molar-refractivity contribution in [1.82, 2.24) is 0 Å². The number of fused-ring (bicyclic) bond motifs is 1. The molecule has 0 saturated heterocycles. The number of nitrogens with one attached hydrogen (secondary N) is 1. The molecule has 3 atom stereocenters. The number of hydrogen-bond donors (Lipinski definition) is 1. The molecule has 2 saturated carbocycles. The maximum Gasteiger partial charge on any atom is 0.310 e. The second kappa shape index (κ2) is 6.48. The molecule has 2 fully saturated rings. The number of nitroso groups, excluding NO2 is 1. The molecule has 4 nitrogen and oxygen atoms in total. The van der Waals surface area contributed by atoms with Crippen LogP contribution in [0.4, 0.5) is 5.69 Å². The molecular weight excluding hydrogens is 274 g/mol. The van der Waals surface area contributed by atoms with E-state index in [1.165, 1.54) is 12.8 Å². The summed E-state index contributed by atoms with van der Waals surface area (Å²) in [6.07, 6.45) is 7.81. The van der Waals surface area contributed by atoms with Gasteiger partial charge in [-0.2, -0.15) is 4.91 Å². The van der Waals surface area contributed by atoms with Gasteiger partial charge in [-0.05, 0) is 49.8 Å². The molecule has 1 N–H and O–H groups in total. The Morgan fingerprint density at radius 2 is 2.14 bits per heavy atom. The maximum atomic E-state index is 11.8. The van der Waals surface area contributed by atoms with Gasteiger partial charge in [-0.1, -0.05) is 35.4 Å². The number of rotatable bonds is 3. The van der Waals surface area contributed by atoms with Crippen molar-refractivity contribution in [3.63, 3.8) is 0 Å². The fourth-order valence-electron chi connectivity index (χ4n) is 4.31. The summed E-state index contributed by atoms with van der Waals surface area (Å²) >= 11 is 0. The zero-order valence-corrected chi connectivity index (χ0v) is 13.2. The maximum absolute atomic E-state index is 11.8. The average molecular weight is 298 g/mol. The van der Waals surface area contributed by atoms with Gasteiger partial charge in [0.25, 0.3) is 7.05 Å². The minimum absolute atomic E-state index is 0.151. The van der Waals surface area contributed by atoms with E-state index >= 15 is 0 Å². The first-order chi connectivity index (χ1) is 10.8. The molecule has 0 radical (unpaired) electrons. The molecule has 0 aromatic heterocycles. The molecule has 4 heteroatoms. The monoisotopic (exact) mass is 298 g/mol. The summed E-state index contributed by atoms with van der Waals surface area (Å²) in [6.45, 7) is 0. The van der Waals surface area contributed by atoms with Crippen LogP contribution in [0.3, 0.4) is 0 Å². The predicted octanol–water partition coefficient (Wildman–Crippen LogP) is 4.66. The van der Waals surface area contributed by atoms with Gasteiger partial charge in [-0.25, -0.2) is 0 Å². The lowest BCUT2D eigenvalue weighted by molar-refractivity contribution is 0.117. The predicted molar refractivity (Wildman–Crippen MR) is 90.5 cm³/mol. The highest BCUT2D eigenvalue weighted by Crippen LogP contribution is 2.47. The molecule has 3 rings (SSSR count). The molecule has 0 aliphatic heterocycles. The van der Waals surface area contributed by atoms with Crippen molar-refractivity contribution in [1.29, 1.82) is 0 Å². The van der Waals surface area contributed by atoms with Crippen LogP contribution < -0.4 is 5.32 Å². The van der Waals surface area contributed by atoms with Crippen LogP contribution in [0.1, 0.15) is 50.5 Å². The topological polar surface area (TPSA) is 45.8 Å². The fraction of sp³-hybridized carbons (Fsp3) is 0.611. The van der Waals surface area contributed by atoms with Crippen molar-refractivity contribution in [3.8, 4) is 6.07 Å². The summed E-state index contributed by atoms with van der Waals surface area (Å²) in [5.41, 5.74) is 1.58. The molecule has 1 aromatic rings.